The van der Waals surface area contributed by atoms with Crippen LogP contribution < -0.4 is 9.21 Å². The molecule has 0 fully saturated rings. The molecule has 0 aliphatic carbocycles. The van der Waals surface area contributed by atoms with E-state index in [2.05, 4.69) is 4.98 Å². The summed E-state index contributed by atoms with van der Waals surface area (Å²) >= 11 is 0. The van der Waals surface area contributed by atoms with E-state index in [1.54, 1.807) is 24.3 Å². The van der Waals surface area contributed by atoms with Crippen molar-refractivity contribution >= 4 is 27.8 Å². The largest absolute Gasteiger partial charge is 0.433 e. The van der Waals surface area contributed by atoms with E-state index in [0.29, 0.717) is 23.3 Å². The molecule has 1 aromatic heterocycles. The lowest BCUT2D eigenvalue weighted by Gasteiger charge is -2.24. The first-order valence-corrected chi connectivity index (χ1v) is 11.7. The Kier molecular flexibility index (Phi) is 7.06. The lowest BCUT2D eigenvalue weighted by molar-refractivity contribution is -0.141. The van der Waals surface area contributed by atoms with Crippen LogP contribution in [0.5, 0.6) is 0 Å². The molecule has 3 aromatic rings. The Morgan fingerprint density at radius 3 is 2.09 bits per heavy atom. The first-order chi connectivity index (χ1) is 15.5. The van der Waals surface area contributed by atoms with Crippen LogP contribution in [0, 0.1) is 6.92 Å². The van der Waals surface area contributed by atoms with Crippen LogP contribution in [-0.2, 0) is 34.1 Å². The number of sulfonamides is 1. The number of carbonyl (C=O) groups excluding carboxylic acids is 1. The predicted molar refractivity (Wildman–Crippen MR) is 120 cm³/mol. The summed E-state index contributed by atoms with van der Waals surface area (Å²) in [6, 6.07) is 15.9. The fourth-order valence-corrected chi connectivity index (χ4v) is 4.10. The molecule has 0 radical (unpaired) electrons. The number of rotatable bonds is 8. The maximum Gasteiger partial charge on any atom is 0.433 e. The third kappa shape index (κ3) is 6.10. The molecule has 0 saturated carbocycles. The fourth-order valence-electron chi connectivity index (χ4n) is 3.22. The number of benzene rings is 2. The lowest BCUT2D eigenvalue weighted by Crippen LogP contribution is -2.29. The van der Waals surface area contributed by atoms with Gasteiger partial charge in [-0.3, -0.25) is 14.1 Å². The molecule has 2 aromatic carbocycles. The summed E-state index contributed by atoms with van der Waals surface area (Å²) in [6.07, 6.45) is -1.80. The highest BCUT2D eigenvalue weighted by atomic mass is 32.2. The minimum absolute atomic E-state index is 0.00693. The number of hydrogen-bond donors (Lipinski definition) is 0. The van der Waals surface area contributed by atoms with Crippen molar-refractivity contribution in [2.24, 2.45) is 0 Å². The van der Waals surface area contributed by atoms with Crippen LogP contribution in [0.2, 0.25) is 0 Å². The molecule has 1 heterocycles. The van der Waals surface area contributed by atoms with Crippen LogP contribution in [0.1, 0.15) is 22.4 Å². The molecule has 1 amide bonds. The minimum Gasteiger partial charge on any atom is -0.311 e. The molecule has 0 aliphatic heterocycles. The number of halogens is 3. The van der Waals surface area contributed by atoms with Gasteiger partial charge in [0.05, 0.1) is 25.0 Å². The molecule has 33 heavy (non-hydrogen) atoms. The molecule has 3 rings (SSSR count). The smallest absolute Gasteiger partial charge is 0.311 e. The quantitative estimate of drug-likeness (QED) is 0.447. The Morgan fingerprint density at radius 1 is 0.939 bits per heavy atom. The first-order valence-electron chi connectivity index (χ1n) is 9.85. The SMILES string of the molecule is Cc1ccccc1CN(c1ccc(N(C=O)Cc2ccc(C(F)(F)F)nc2)cc1)S(C)(=O)=O. The zero-order valence-corrected chi connectivity index (χ0v) is 18.8. The number of anilines is 2. The summed E-state index contributed by atoms with van der Waals surface area (Å²) in [5.74, 6) is 0. The topological polar surface area (TPSA) is 70.6 Å². The summed E-state index contributed by atoms with van der Waals surface area (Å²) in [7, 11) is -3.59. The standard InChI is InChI=1S/C23H22F3N3O3S/c1-17-5-3-4-6-19(17)15-29(33(2,31)32)21-10-8-20(9-11-21)28(16-30)14-18-7-12-22(27-13-18)23(24,25)26/h3-13,16H,14-15H2,1-2H3. The van der Waals surface area contributed by atoms with Gasteiger partial charge in [0.1, 0.15) is 5.69 Å². The maximum atomic E-state index is 12.7. The number of aryl methyl sites for hydroxylation is 1. The van der Waals surface area contributed by atoms with Gasteiger partial charge in [0.2, 0.25) is 16.4 Å². The average molecular weight is 478 g/mol. The summed E-state index contributed by atoms with van der Waals surface area (Å²) in [5, 5.41) is 0. The van der Waals surface area contributed by atoms with E-state index in [9.17, 15) is 26.4 Å². The number of hydrogen-bond acceptors (Lipinski definition) is 4. The highest BCUT2D eigenvalue weighted by molar-refractivity contribution is 7.92. The Labute approximate surface area is 190 Å². The van der Waals surface area contributed by atoms with Crippen molar-refractivity contribution in [3.63, 3.8) is 0 Å². The molecule has 6 nitrogen and oxygen atoms in total. The highest BCUT2D eigenvalue weighted by Gasteiger charge is 2.32. The Balaban J connectivity index is 1.81. The molecular weight excluding hydrogens is 455 g/mol. The number of nitrogens with zero attached hydrogens (tertiary/aromatic N) is 3. The highest BCUT2D eigenvalue weighted by Crippen LogP contribution is 2.28. The molecule has 0 aliphatic rings. The Hall–Kier alpha value is -3.40. The second kappa shape index (κ2) is 9.62. The van der Waals surface area contributed by atoms with Crippen molar-refractivity contribution in [1.29, 1.82) is 0 Å². The van der Waals surface area contributed by atoms with Crippen molar-refractivity contribution in [2.45, 2.75) is 26.2 Å². The van der Waals surface area contributed by atoms with Crippen molar-refractivity contribution < 1.29 is 26.4 Å². The summed E-state index contributed by atoms with van der Waals surface area (Å²) < 4.78 is 64.2. The summed E-state index contributed by atoms with van der Waals surface area (Å²) in [5.41, 5.74) is 2.10. The van der Waals surface area contributed by atoms with Gasteiger partial charge < -0.3 is 4.90 Å². The third-order valence-corrected chi connectivity index (χ3v) is 6.18. The zero-order chi connectivity index (χ0) is 24.2. The summed E-state index contributed by atoms with van der Waals surface area (Å²) in [6.45, 7) is 2.06. The molecule has 10 heteroatoms. The minimum atomic E-state index is -4.54. The normalized spacial score (nSPS) is 11.8. The zero-order valence-electron chi connectivity index (χ0n) is 18.0. The molecule has 0 saturated heterocycles. The maximum absolute atomic E-state index is 12.7. The van der Waals surface area contributed by atoms with Crippen LogP contribution in [0.4, 0.5) is 24.5 Å². The lowest BCUT2D eigenvalue weighted by atomic mass is 10.1. The van der Waals surface area contributed by atoms with E-state index in [4.69, 9.17) is 0 Å². The molecule has 0 N–H and O–H groups in total. The van der Waals surface area contributed by atoms with Gasteiger partial charge in [-0.25, -0.2) is 8.42 Å². The van der Waals surface area contributed by atoms with Crippen molar-refractivity contribution in [3.8, 4) is 0 Å². The van der Waals surface area contributed by atoms with Crippen LogP contribution in [0.25, 0.3) is 0 Å². The number of amides is 1. The van der Waals surface area contributed by atoms with Gasteiger partial charge >= 0.3 is 6.18 Å². The average Bonchev–Trinajstić information content (AvgIpc) is 2.76. The first kappa shape index (κ1) is 24.2. The number of carbonyl (C=O) groups is 1. The van der Waals surface area contributed by atoms with E-state index in [0.717, 1.165) is 29.6 Å². The predicted octanol–water partition coefficient (Wildman–Crippen LogP) is 4.54. The van der Waals surface area contributed by atoms with Crippen LogP contribution in [0.3, 0.4) is 0 Å². The molecule has 174 valence electrons. The monoisotopic (exact) mass is 477 g/mol. The van der Waals surface area contributed by atoms with Gasteiger partial charge in [-0.2, -0.15) is 13.2 Å². The van der Waals surface area contributed by atoms with Crippen molar-refractivity contribution in [2.75, 3.05) is 15.5 Å². The van der Waals surface area contributed by atoms with Crippen molar-refractivity contribution in [3.05, 3.63) is 89.2 Å². The van der Waals surface area contributed by atoms with E-state index >= 15 is 0 Å². The van der Waals surface area contributed by atoms with Gasteiger partial charge in [0, 0.05) is 11.9 Å². The molecule has 0 atom stereocenters. The number of pyridine rings is 1. The van der Waals surface area contributed by atoms with E-state index < -0.39 is 21.9 Å². The number of alkyl halides is 3. The van der Waals surface area contributed by atoms with E-state index in [1.165, 1.54) is 15.3 Å². The van der Waals surface area contributed by atoms with Crippen LogP contribution in [0.15, 0.2) is 66.9 Å². The van der Waals surface area contributed by atoms with Gasteiger partial charge in [-0.1, -0.05) is 30.3 Å². The molecular formula is C23H22F3N3O3S. The van der Waals surface area contributed by atoms with Gasteiger partial charge in [0.15, 0.2) is 0 Å². The van der Waals surface area contributed by atoms with Crippen LogP contribution in [-0.4, -0.2) is 26.1 Å². The van der Waals surface area contributed by atoms with Crippen molar-refractivity contribution in [1.82, 2.24) is 4.98 Å². The van der Waals surface area contributed by atoms with Gasteiger partial charge in [-0.05, 0) is 53.9 Å². The number of aromatic nitrogens is 1. The molecule has 0 bridgehead atoms. The van der Waals surface area contributed by atoms with Gasteiger partial charge in [-0.15, -0.1) is 0 Å². The van der Waals surface area contributed by atoms with Gasteiger partial charge in [0.25, 0.3) is 0 Å². The third-order valence-electron chi connectivity index (χ3n) is 5.04. The summed E-state index contributed by atoms with van der Waals surface area (Å²) in [4.78, 5) is 16.3. The Bertz CT molecular complexity index is 1210. The molecule has 0 unspecified atom stereocenters. The van der Waals surface area contributed by atoms with E-state index in [-0.39, 0.29) is 13.1 Å². The second-order valence-electron chi connectivity index (χ2n) is 7.50. The Morgan fingerprint density at radius 2 is 1.58 bits per heavy atom. The fraction of sp³-hybridized carbons (Fsp3) is 0.217. The van der Waals surface area contributed by atoms with Crippen LogP contribution >= 0.6 is 0 Å². The molecule has 0 spiro atoms. The second-order valence-corrected chi connectivity index (χ2v) is 9.40. The van der Waals surface area contributed by atoms with E-state index in [1.807, 2.05) is 31.2 Å².